The van der Waals surface area contributed by atoms with Crippen molar-refractivity contribution in [3.8, 4) is 5.69 Å². The first-order valence-corrected chi connectivity index (χ1v) is 7.90. The summed E-state index contributed by atoms with van der Waals surface area (Å²) in [5.41, 5.74) is 2.27. The predicted molar refractivity (Wildman–Crippen MR) is 88.8 cm³/mol. The number of rotatable bonds is 1. The third-order valence-corrected chi connectivity index (χ3v) is 4.99. The second-order valence-electron chi connectivity index (χ2n) is 4.15. The van der Waals surface area contributed by atoms with Crippen LogP contribution in [0, 0.1) is 10.6 Å². The highest BCUT2D eigenvalue weighted by atomic mass is 79.9. The molecule has 20 heavy (non-hydrogen) atoms. The van der Waals surface area contributed by atoms with Crippen molar-refractivity contribution >= 4 is 66.7 Å². The summed E-state index contributed by atoms with van der Waals surface area (Å²) in [5, 5.41) is 0.618. The van der Waals surface area contributed by atoms with E-state index in [2.05, 4.69) is 36.8 Å². The number of aromatic amines is 1. The molecule has 1 heterocycles. The van der Waals surface area contributed by atoms with Crippen molar-refractivity contribution in [2.24, 2.45) is 0 Å². The minimum absolute atomic E-state index is 0.335. The van der Waals surface area contributed by atoms with Gasteiger partial charge in [0.15, 0.2) is 4.77 Å². The fourth-order valence-electron chi connectivity index (χ4n) is 1.98. The molecule has 1 N–H and O–H groups in total. The largest absolute Gasteiger partial charge is 0.330 e. The molecule has 0 saturated carbocycles. The fraction of sp³-hybridized carbons (Fsp3) is 0. The van der Waals surface area contributed by atoms with E-state index in [0.717, 1.165) is 15.7 Å². The summed E-state index contributed by atoms with van der Waals surface area (Å²) in [7, 11) is 0. The number of benzene rings is 2. The van der Waals surface area contributed by atoms with Crippen LogP contribution in [0.1, 0.15) is 0 Å². The third-order valence-electron chi connectivity index (χ3n) is 2.89. The van der Waals surface area contributed by atoms with Crippen LogP contribution in [-0.2, 0) is 0 Å². The van der Waals surface area contributed by atoms with Crippen LogP contribution in [0.3, 0.4) is 0 Å². The molecular formula is C13H6Br2ClFN2S. The number of fused-ring (bicyclic) bond motifs is 1. The van der Waals surface area contributed by atoms with Gasteiger partial charge in [-0.1, -0.05) is 11.6 Å². The Hall–Kier alpha value is -0.690. The van der Waals surface area contributed by atoms with Crippen molar-refractivity contribution < 1.29 is 4.39 Å². The van der Waals surface area contributed by atoms with Crippen molar-refractivity contribution in [2.45, 2.75) is 0 Å². The van der Waals surface area contributed by atoms with Crippen LogP contribution < -0.4 is 0 Å². The van der Waals surface area contributed by atoms with E-state index in [1.165, 1.54) is 6.07 Å². The lowest BCUT2D eigenvalue weighted by Gasteiger charge is -2.06. The topological polar surface area (TPSA) is 20.7 Å². The van der Waals surface area contributed by atoms with Crippen LogP contribution in [0.15, 0.2) is 39.3 Å². The van der Waals surface area contributed by atoms with Gasteiger partial charge in [0, 0.05) is 16.2 Å². The number of nitrogens with zero attached hydrogens (tertiary/aromatic N) is 1. The molecule has 0 aliphatic rings. The highest BCUT2D eigenvalue weighted by molar-refractivity contribution is 9.10. The molecule has 0 atom stereocenters. The molecule has 102 valence electrons. The molecule has 7 heteroatoms. The van der Waals surface area contributed by atoms with Gasteiger partial charge >= 0.3 is 0 Å². The summed E-state index contributed by atoms with van der Waals surface area (Å²) < 4.78 is 17.1. The molecule has 3 rings (SSSR count). The molecule has 1 aromatic heterocycles. The van der Waals surface area contributed by atoms with Gasteiger partial charge in [-0.2, -0.15) is 0 Å². The summed E-state index contributed by atoms with van der Waals surface area (Å²) in [5.74, 6) is -0.335. The second kappa shape index (κ2) is 5.26. The van der Waals surface area contributed by atoms with Gasteiger partial charge in [0.25, 0.3) is 0 Å². The number of nitrogens with one attached hydrogen (secondary N) is 1. The normalized spacial score (nSPS) is 11.2. The van der Waals surface area contributed by atoms with E-state index in [-0.39, 0.29) is 5.82 Å². The smallest absolute Gasteiger partial charge is 0.182 e. The molecule has 0 saturated heterocycles. The molecule has 0 amide bonds. The molecule has 0 radical (unpaired) electrons. The van der Waals surface area contributed by atoms with E-state index in [0.29, 0.717) is 19.8 Å². The third kappa shape index (κ3) is 2.35. The van der Waals surface area contributed by atoms with Crippen LogP contribution in [0.2, 0.25) is 5.02 Å². The molecule has 0 fully saturated rings. The zero-order valence-electron chi connectivity index (χ0n) is 9.75. The molecule has 0 aliphatic carbocycles. The maximum atomic E-state index is 13.6. The Morgan fingerprint density at radius 1 is 1.15 bits per heavy atom. The highest BCUT2D eigenvalue weighted by Crippen LogP contribution is 2.29. The van der Waals surface area contributed by atoms with E-state index in [1.54, 1.807) is 12.1 Å². The minimum Gasteiger partial charge on any atom is -0.330 e. The van der Waals surface area contributed by atoms with Crippen LogP contribution in [-0.4, -0.2) is 9.55 Å². The van der Waals surface area contributed by atoms with Gasteiger partial charge in [0.2, 0.25) is 0 Å². The van der Waals surface area contributed by atoms with E-state index in [4.69, 9.17) is 23.8 Å². The van der Waals surface area contributed by atoms with Gasteiger partial charge in [0.1, 0.15) is 5.82 Å². The van der Waals surface area contributed by atoms with Crippen molar-refractivity contribution in [1.82, 2.24) is 9.55 Å². The summed E-state index contributed by atoms with van der Waals surface area (Å²) in [6.07, 6.45) is 0. The lowest BCUT2D eigenvalue weighted by molar-refractivity contribution is 0.623. The van der Waals surface area contributed by atoms with E-state index >= 15 is 0 Å². The Balaban J connectivity index is 2.35. The maximum Gasteiger partial charge on any atom is 0.182 e. The molecular weight excluding hydrogens is 430 g/mol. The second-order valence-corrected chi connectivity index (χ2v) is 6.65. The average Bonchev–Trinajstić information content (AvgIpc) is 2.69. The summed E-state index contributed by atoms with van der Waals surface area (Å²) in [6.45, 7) is 0. The van der Waals surface area contributed by atoms with E-state index < -0.39 is 0 Å². The van der Waals surface area contributed by atoms with Gasteiger partial charge < -0.3 is 4.98 Å². The Morgan fingerprint density at radius 2 is 1.90 bits per heavy atom. The minimum atomic E-state index is -0.335. The number of aromatic nitrogens is 2. The van der Waals surface area contributed by atoms with E-state index in [9.17, 15) is 4.39 Å². The standard InChI is InChI=1S/C13H6Br2ClFN2S/c14-7-3-6(1-2-9(7)16)19-12-4-8(15)10(17)5-11(12)18-13(19)20/h1-5H,(H,18,20). The molecule has 2 aromatic carbocycles. The zero-order chi connectivity index (χ0) is 14.4. The average molecular weight is 437 g/mol. The quantitative estimate of drug-likeness (QED) is 0.464. The molecule has 0 spiro atoms. The lowest BCUT2D eigenvalue weighted by atomic mass is 10.2. The first-order chi connectivity index (χ1) is 9.47. The van der Waals surface area contributed by atoms with Gasteiger partial charge in [-0.3, -0.25) is 4.57 Å². The van der Waals surface area contributed by atoms with Crippen LogP contribution in [0.4, 0.5) is 4.39 Å². The van der Waals surface area contributed by atoms with Gasteiger partial charge in [0.05, 0.1) is 20.5 Å². The number of hydrogen-bond acceptors (Lipinski definition) is 1. The zero-order valence-corrected chi connectivity index (χ0v) is 14.5. The number of imidazole rings is 1. The monoisotopic (exact) mass is 434 g/mol. The maximum absolute atomic E-state index is 13.6. The Labute approximate surface area is 140 Å². The first-order valence-electron chi connectivity index (χ1n) is 5.52. The van der Waals surface area contributed by atoms with Crippen molar-refractivity contribution in [3.63, 3.8) is 0 Å². The molecule has 0 aliphatic heterocycles. The van der Waals surface area contributed by atoms with Crippen LogP contribution in [0.5, 0.6) is 0 Å². The van der Waals surface area contributed by atoms with Crippen LogP contribution >= 0.6 is 55.7 Å². The van der Waals surface area contributed by atoms with Gasteiger partial charge in [-0.05, 0) is 68.3 Å². The Kier molecular flexibility index (Phi) is 3.75. The summed E-state index contributed by atoms with van der Waals surface area (Å²) >= 11 is 17.9. The molecule has 0 bridgehead atoms. The Morgan fingerprint density at radius 3 is 2.60 bits per heavy atom. The first kappa shape index (κ1) is 14.3. The van der Waals surface area contributed by atoms with Crippen molar-refractivity contribution in [1.29, 1.82) is 0 Å². The molecule has 0 unspecified atom stereocenters. The van der Waals surface area contributed by atoms with Gasteiger partial charge in [-0.15, -0.1) is 0 Å². The summed E-state index contributed by atoms with van der Waals surface area (Å²) in [4.78, 5) is 3.00. The number of halogens is 4. The summed E-state index contributed by atoms with van der Waals surface area (Å²) in [6, 6.07) is 8.60. The predicted octanol–water partition coefficient (Wildman–Crippen LogP) is 6.01. The SMILES string of the molecule is Fc1cc2[nH]c(=S)n(-c3ccc(Cl)c(Br)c3)c2cc1Br. The van der Waals surface area contributed by atoms with Crippen molar-refractivity contribution in [2.75, 3.05) is 0 Å². The Bertz CT molecular complexity index is 888. The highest BCUT2D eigenvalue weighted by Gasteiger charge is 2.11. The number of hydrogen-bond donors (Lipinski definition) is 1. The lowest BCUT2D eigenvalue weighted by Crippen LogP contribution is -1.94. The van der Waals surface area contributed by atoms with Crippen molar-refractivity contribution in [3.05, 3.63) is 54.9 Å². The molecule has 2 nitrogen and oxygen atoms in total. The van der Waals surface area contributed by atoms with E-state index in [1.807, 2.05) is 16.7 Å². The molecule has 3 aromatic rings. The van der Waals surface area contributed by atoms with Gasteiger partial charge in [-0.25, -0.2) is 4.39 Å². The number of H-pyrrole nitrogens is 1. The van der Waals surface area contributed by atoms with Crippen LogP contribution in [0.25, 0.3) is 16.7 Å². The fourth-order valence-corrected chi connectivity index (χ4v) is 3.11.